The highest BCUT2D eigenvalue weighted by atomic mass is 16.4. The van der Waals surface area contributed by atoms with Crippen molar-refractivity contribution in [3.63, 3.8) is 0 Å². The number of nitrogens with two attached hydrogens (primary N) is 1. The fourth-order valence-corrected chi connectivity index (χ4v) is 2.97. The largest absolute Gasteiger partial charge is 0.409 e. The summed E-state index contributed by atoms with van der Waals surface area (Å²) in [7, 11) is 0. The van der Waals surface area contributed by atoms with E-state index in [1.54, 1.807) is 0 Å². The summed E-state index contributed by atoms with van der Waals surface area (Å²) in [4.78, 5) is 16.3. The predicted octanol–water partition coefficient (Wildman–Crippen LogP) is 1.69. The van der Waals surface area contributed by atoms with Crippen molar-refractivity contribution in [3.8, 4) is 0 Å². The van der Waals surface area contributed by atoms with Crippen LogP contribution < -0.4 is 5.73 Å². The van der Waals surface area contributed by atoms with Gasteiger partial charge < -0.3 is 20.7 Å². The number of carbonyl (C=O) groups excluding carboxylic acids is 1. The molecule has 0 spiro atoms. The molecular weight excluding hydrogens is 256 g/mol. The van der Waals surface area contributed by atoms with Crippen LogP contribution in [0.15, 0.2) is 5.16 Å². The summed E-state index contributed by atoms with van der Waals surface area (Å²) in [6.45, 7) is 7.33. The molecule has 0 aromatic carbocycles. The van der Waals surface area contributed by atoms with Crippen LogP contribution in [0.3, 0.4) is 0 Å². The first-order valence-electron chi connectivity index (χ1n) is 7.48. The van der Waals surface area contributed by atoms with Gasteiger partial charge >= 0.3 is 6.03 Å². The lowest BCUT2D eigenvalue weighted by atomic mass is 9.79. The van der Waals surface area contributed by atoms with Gasteiger partial charge in [-0.1, -0.05) is 19.0 Å². The molecule has 0 aromatic rings. The highest BCUT2D eigenvalue weighted by molar-refractivity contribution is 5.86. The molecule has 114 valence electrons. The molecule has 20 heavy (non-hydrogen) atoms. The Morgan fingerprint density at radius 1 is 1.20 bits per heavy atom. The van der Waals surface area contributed by atoms with E-state index in [4.69, 9.17) is 10.9 Å². The fourth-order valence-electron chi connectivity index (χ4n) is 2.97. The van der Waals surface area contributed by atoms with Crippen LogP contribution in [0.25, 0.3) is 0 Å². The average Bonchev–Trinajstić information content (AvgIpc) is 2.47. The van der Waals surface area contributed by atoms with Gasteiger partial charge in [0.05, 0.1) is 0 Å². The zero-order valence-electron chi connectivity index (χ0n) is 12.5. The minimum absolute atomic E-state index is 0.151. The molecule has 2 fully saturated rings. The maximum absolute atomic E-state index is 12.5. The van der Waals surface area contributed by atoms with Crippen molar-refractivity contribution < 1.29 is 10.0 Å². The molecule has 2 rings (SSSR count). The van der Waals surface area contributed by atoms with E-state index in [1.807, 2.05) is 16.7 Å². The molecule has 6 heteroatoms. The maximum Gasteiger partial charge on any atom is 0.319 e. The van der Waals surface area contributed by atoms with Gasteiger partial charge in [-0.2, -0.15) is 0 Å². The normalized spacial score (nSPS) is 24.8. The minimum atomic E-state index is -0.290. The van der Waals surface area contributed by atoms with Gasteiger partial charge in [0.2, 0.25) is 0 Å². The quantitative estimate of drug-likeness (QED) is 0.332. The second kappa shape index (κ2) is 5.89. The summed E-state index contributed by atoms with van der Waals surface area (Å²) in [5.41, 5.74) is 5.46. The summed E-state index contributed by atoms with van der Waals surface area (Å²) in [6.07, 6.45) is 3.70. The second-order valence-electron chi connectivity index (χ2n) is 6.49. The Hall–Kier alpha value is -1.46. The van der Waals surface area contributed by atoms with Crippen LogP contribution in [0.1, 0.15) is 39.5 Å². The van der Waals surface area contributed by atoms with E-state index in [1.165, 1.54) is 0 Å². The topological polar surface area (TPSA) is 82.2 Å². The third kappa shape index (κ3) is 2.99. The van der Waals surface area contributed by atoms with Crippen LogP contribution >= 0.6 is 0 Å². The lowest BCUT2D eigenvalue weighted by Gasteiger charge is -2.41. The number of urea groups is 1. The van der Waals surface area contributed by atoms with Crippen LogP contribution in [0.2, 0.25) is 0 Å². The lowest BCUT2D eigenvalue weighted by Crippen LogP contribution is -2.52. The molecule has 2 aliphatic heterocycles. The van der Waals surface area contributed by atoms with Crippen molar-refractivity contribution in [2.75, 3.05) is 26.2 Å². The number of carbonyl (C=O) groups is 1. The average molecular weight is 282 g/mol. The first kappa shape index (κ1) is 14.9. The van der Waals surface area contributed by atoms with Gasteiger partial charge in [0.25, 0.3) is 0 Å². The first-order valence-corrected chi connectivity index (χ1v) is 7.48. The van der Waals surface area contributed by atoms with Crippen molar-refractivity contribution in [2.45, 2.75) is 39.5 Å². The van der Waals surface area contributed by atoms with E-state index in [2.05, 4.69) is 12.1 Å². The van der Waals surface area contributed by atoms with E-state index in [0.29, 0.717) is 13.1 Å². The zero-order chi connectivity index (χ0) is 14.8. The van der Waals surface area contributed by atoms with Crippen LogP contribution in [-0.2, 0) is 0 Å². The summed E-state index contributed by atoms with van der Waals surface area (Å²) in [5.74, 6) is 1.00. The summed E-state index contributed by atoms with van der Waals surface area (Å²) >= 11 is 0. The molecule has 2 saturated heterocycles. The SMILES string of the molecule is CC1CCN(C(=O)N2CCC(C)(C(N)=NO)CC2)CC1. The molecule has 0 radical (unpaired) electrons. The number of nitrogens with zero attached hydrogens (tertiary/aromatic N) is 3. The molecule has 2 amide bonds. The third-order valence-electron chi connectivity index (χ3n) is 4.92. The molecule has 0 unspecified atom stereocenters. The van der Waals surface area contributed by atoms with Gasteiger partial charge in [-0.25, -0.2) is 4.79 Å². The molecule has 0 saturated carbocycles. The predicted molar refractivity (Wildman–Crippen MR) is 77.7 cm³/mol. The summed E-state index contributed by atoms with van der Waals surface area (Å²) in [6, 6.07) is 0.151. The van der Waals surface area contributed by atoms with E-state index in [-0.39, 0.29) is 17.3 Å². The number of amidine groups is 1. The molecule has 0 bridgehead atoms. The number of amides is 2. The van der Waals surface area contributed by atoms with E-state index >= 15 is 0 Å². The Balaban J connectivity index is 1.89. The number of likely N-dealkylation sites (tertiary alicyclic amines) is 2. The Morgan fingerprint density at radius 3 is 2.20 bits per heavy atom. The molecule has 2 heterocycles. The number of oxime groups is 1. The maximum atomic E-state index is 12.5. The molecule has 2 aliphatic rings. The van der Waals surface area contributed by atoms with Gasteiger partial charge in [-0.3, -0.25) is 0 Å². The number of hydrogen-bond donors (Lipinski definition) is 2. The Morgan fingerprint density at radius 2 is 1.70 bits per heavy atom. The van der Waals surface area contributed by atoms with Crippen LogP contribution in [-0.4, -0.2) is 53.1 Å². The number of hydrogen-bond acceptors (Lipinski definition) is 3. The molecule has 0 aromatic heterocycles. The minimum Gasteiger partial charge on any atom is -0.409 e. The van der Waals surface area contributed by atoms with Gasteiger partial charge in [0.1, 0.15) is 5.84 Å². The van der Waals surface area contributed by atoms with Gasteiger partial charge in [-0.15, -0.1) is 0 Å². The van der Waals surface area contributed by atoms with Crippen LogP contribution in [0.5, 0.6) is 0 Å². The lowest BCUT2D eigenvalue weighted by molar-refractivity contribution is 0.111. The zero-order valence-corrected chi connectivity index (χ0v) is 12.5. The van der Waals surface area contributed by atoms with Crippen molar-refractivity contribution in [1.82, 2.24) is 9.80 Å². The fraction of sp³-hybridized carbons (Fsp3) is 0.857. The van der Waals surface area contributed by atoms with Crippen molar-refractivity contribution >= 4 is 11.9 Å². The monoisotopic (exact) mass is 282 g/mol. The van der Waals surface area contributed by atoms with Gasteiger partial charge in [0.15, 0.2) is 0 Å². The summed E-state index contributed by atoms with van der Waals surface area (Å²) < 4.78 is 0. The smallest absolute Gasteiger partial charge is 0.319 e. The van der Waals surface area contributed by atoms with Crippen LogP contribution in [0.4, 0.5) is 4.79 Å². The van der Waals surface area contributed by atoms with Gasteiger partial charge in [-0.05, 0) is 31.6 Å². The summed E-state index contributed by atoms with van der Waals surface area (Å²) in [5, 5.41) is 12.0. The molecule has 6 nitrogen and oxygen atoms in total. The highest BCUT2D eigenvalue weighted by Crippen LogP contribution is 2.31. The highest BCUT2D eigenvalue weighted by Gasteiger charge is 2.37. The van der Waals surface area contributed by atoms with Gasteiger partial charge in [0, 0.05) is 31.6 Å². The second-order valence-corrected chi connectivity index (χ2v) is 6.49. The Bertz CT molecular complexity index is 381. The van der Waals surface area contributed by atoms with Crippen molar-refractivity contribution in [3.05, 3.63) is 0 Å². The number of piperidine rings is 2. The van der Waals surface area contributed by atoms with E-state index in [0.717, 1.165) is 44.7 Å². The van der Waals surface area contributed by atoms with Crippen molar-refractivity contribution in [1.29, 1.82) is 0 Å². The Kier molecular flexibility index (Phi) is 4.40. The van der Waals surface area contributed by atoms with Crippen LogP contribution in [0, 0.1) is 11.3 Å². The molecule has 0 aliphatic carbocycles. The van der Waals surface area contributed by atoms with E-state index in [9.17, 15) is 4.79 Å². The molecule has 0 atom stereocenters. The molecular formula is C14H26N4O2. The number of rotatable bonds is 1. The third-order valence-corrected chi connectivity index (χ3v) is 4.92. The first-order chi connectivity index (χ1) is 9.46. The van der Waals surface area contributed by atoms with E-state index < -0.39 is 0 Å². The van der Waals surface area contributed by atoms with Crippen molar-refractivity contribution in [2.24, 2.45) is 22.2 Å². The standard InChI is InChI=1S/C14H26N4O2/c1-11-3-7-17(8-4-11)13(19)18-9-5-14(2,6-10-18)12(15)16-20/h11,20H,3-10H2,1-2H3,(H2,15,16). The molecule has 3 N–H and O–H groups in total. The Labute approximate surface area is 120 Å².